The van der Waals surface area contributed by atoms with E-state index in [1.54, 1.807) is 4.68 Å². The van der Waals surface area contributed by atoms with Gasteiger partial charge in [-0.3, -0.25) is 19.7 Å². The molecule has 0 aromatic carbocycles. The van der Waals surface area contributed by atoms with Crippen molar-refractivity contribution >= 4 is 5.69 Å². The highest BCUT2D eigenvalue weighted by atomic mass is 16.6. The molecule has 7 nitrogen and oxygen atoms in total. The molecule has 2 heterocycles. The molecular formula is C11H19N5O2. The predicted octanol–water partition coefficient (Wildman–Crippen LogP) is 0.776. The SMILES string of the molecule is CCCN1CCN(Cn2cc([N+](=O)[O-])cn2)CC1. The van der Waals surface area contributed by atoms with Crippen LogP contribution in [0.5, 0.6) is 0 Å². The van der Waals surface area contributed by atoms with Crippen LogP contribution in [0.3, 0.4) is 0 Å². The Hall–Kier alpha value is -1.47. The largest absolute Gasteiger partial charge is 0.307 e. The Morgan fingerprint density at radius 3 is 2.56 bits per heavy atom. The highest BCUT2D eigenvalue weighted by molar-refractivity contribution is 5.20. The first-order valence-corrected chi connectivity index (χ1v) is 6.30. The Morgan fingerprint density at radius 1 is 1.33 bits per heavy atom. The van der Waals surface area contributed by atoms with Gasteiger partial charge in [-0.05, 0) is 13.0 Å². The number of rotatable bonds is 5. The first-order valence-electron chi connectivity index (χ1n) is 6.30. The van der Waals surface area contributed by atoms with E-state index in [-0.39, 0.29) is 5.69 Å². The fraction of sp³-hybridized carbons (Fsp3) is 0.727. The molecule has 1 aliphatic heterocycles. The van der Waals surface area contributed by atoms with E-state index in [0.29, 0.717) is 6.67 Å². The Balaban J connectivity index is 1.82. The van der Waals surface area contributed by atoms with Gasteiger partial charge in [0, 0.05) is 26.2 Å². The molecule has 1 aromatic heterocycles. The molecule has 0 N–H and O–H groups in total. The maximum atomic E-state index is 10.6. The predicted molar refractivity (Wildman–Crippen MR) is 67.2 cm³/mol. The third kappa shape index (κ3) is 3.27. The van der Waals surface area contributed by atoms with Crippen LogP contribution in [0.2, 0.25) is 0 Å². The molecule has 0 spiro atoms. The van der Waals surface area contributed by atoms with Crippen LogP contribution in [-0.4, -0.2) is 57.2 Å². The van der Waals surface area contributed by atoms with Crippen LogP contribution in [0.4, 0.5) is 5.69 Å². The maximum Gasteiger partial charge on any atom is 0.307 e. The van der Waals surface area contributed by atoms with E-state index in [1.165, 1.54) is 18.8 Å². The van der Waals surface area contributed by atoms with Crippen molar-refractivity contribution < 1.29 is 4.92 Å². The first kappa shape index (κ1) is 13.0. The summed E-state index contributed by atoms with van der Waals surface area (Å²) in [5.41, 5.74) is 0.0552. The summed E-state index contributed by atoms with van der Waals surface area (Å²) in [7, 11) is 0. The van der Waals surface area contributed by atoms with Gasteiger partial charge < -0.3 is 4.90 Å². The van der Waals surface area contributed by atoms with E-state index in [1.807, 2.05) is 0 Å². The summed E-state index contributed by atoms with van der Waals surface area (Å²) in [4.78, 5) is 14.9. The molecule has 0 radical (unpaired) electrons. The average Bonchev–Trinajstić information content (AvgIpc) is 2.81. The summed E-state index contributed by atoms with van der Waals surface area (Å²) in [6, 6.07) is 0. The topological polar surface area (TPSA) is 67.4 Å². The summed E-state index contributed by atoms with van der Waals surface area (Å²) in [6.45, 7) is 8.10. The number of nitro groups is 1. The van der Waals surface area contributed by atoms with Gasteiger partial charge in [-0.15, -0.1) is 0 Å². The lowest BCUT2D eigenvalue weighted by molar-refractivity contribution is -0.385. The zero-order valence-corrected chi connectivity index (χ0v) is 10.7. The third-order valence-corrected chi connectivity index (χ3v) is 3.18. The van der Waals surface area contributed by atoms with Crippen molar-refractivity contribution in [3.63, 3.8) is 0 Å². The molecular weight excluding hydrogens is 234 g/mol. The zero-order valence-electron chi connectivity index (χ0n) is 10.7. The minimum absolute atomic E-state index is 0.0552. The number of aromatic nitrogens is 2. The van der Waals surface area contributed by atoms with E-state index < -0.39 is 4.92 Å². The second kappa shape index (κ2) is 5.92. The summed E-state index contributed by atoms with van der Waals surface area (Å²) < 4.78 is 1.63. The second-order valence-corrected chi connectivity index (χ2v) is 4.60. The molecule has 100 valence electrons. The van der Waals surface area contributed by atoms with Crippen molar-refractivity contribution in [2.75, 3.05) is 32.7 Å². The van der Waals surface area contributed by atoms with Gasteiger partial charge in [0.05, 0.1) is 11.6 Å². The lowest BCUT2D eigenvalue weighted by Gasteiger charge is -2.34. The van der Waals surface area contributed by atoms with Crippen LogP contribution >= 0.6 is 0 Å². The van der Waals surface area contributed by atoms with Gasteiger partial charge in [0.2, 0.25) is 0 Å². The Labute approximate surface area is 106 Å². The average molecular weight is 253 g/mol. The van der Waals surface area contributed by atoms with E-state index in [9.17, 15) is 10.1 Å². The highest BCUT2D eigenvalue weighted by Gasteiger charge is 2.17. The van der Waals surface area contributed by atoms with Gasteiger partial charge in [0.1, 0.15) is 12.4 Å². The van der Waals surface area contributed by atoms with Crippen molar-refractivity contribution in [1.82, 2.24) is 19.6 Å². The molecule has 2 rings (SSSR count). The molecule has 1 aromatic rings. The van der Waals surface area contributed by atoms with E-state index in [2.05, 4.69) is 21.8 Å². The van der Waals surface area contributed by atoms with Crippen molar-refractivity contribution in [3.8, 4) is 0 Å². The lowest BCUT2D eigenvalue weighted by atomic mass is 10.3. The fourth-order valence-electron chi connectivity index (χ4n) is 2.20. The Morgan fingerprint density at radius 2 is 2.00 bits per heavy atom. The quantitative estimate of drug-likeness (QED) is 0.573. The van der Waals surface area contributed by atoms with Gasteiger partial charge in [0.15, 0.2) is 0 Å². The number of nitrogens with zero attached hydrogens (tertiary/aromatic N) is 5. The molecule has 0 atom stereocenters. The molecule has 1 saturated heterocycles. The van der Waals surface area contributed by atoms with Crippen LogP contribution in [0.25, 0.3) is 0 Å². The first-order chi connectivity index (χ1) is 8.69. The van der Waals surface area contributed by atoms with Gasteiger partial charge in [-0.1, -0.05) is 6.92 Å². The van der Waals surface area contributed by atoms with Gasteiger partial charge >= 0.3 is 5.69 Å². The molecule has 0 bridgehead atoms. The van der Waals surface area contributed by atoms with Crippen LogP contribution < -0.4 is 0 Å². The van der Waals surface area contributed by atoms with Crippen molar-refractivity contribution in [3.05, 3.63) is 22.5 Å². The number of piperazine rings is 1. The molecule has 18 heavy (non-hydrogen) atoms. The standard InChI is InChI=1S/C11H19N5O2/c1-2-3-13-4-6-14(7-5-13)10-15-9-11(8-12-15)16(17)18/h8-9H,2-7,10H2,1H3. The number of hydrogen-bond acceptors (Lipinski definition) is 5. The molecule has 0 amide bonds. The van der Waals surface area contributed by atoms with Crippen molar-refractivity contribution in [1.29, 1.82) is 0 Å². The van der Waals surface area contributed by atoms with Crippen LogP contribution in [0, 0.1) is 10.1 Å². The van der Waals surface area contributed by atoms with E-state index in [0.717, 1.165) is 32.7 Å². The maximum absolute atomic E-state index is 10.6. The fourth-order valence-corrected chi connectivity index (χ4v) is 2.20. The third-order valence-electron chi connectivity index (χ3n) is 3.18. The van der Waals surface area contributed by atoms with Gasteiger partial charge in [-0.25, -0.2) is 0 Å². The smallest absolute Gasteiger partial charge is 0.301 e. The summed E-state index contributed by atoms with van der Waals surface area (Å²) in [5, 5.41) is 14.6. The number of hydrogen-bond donors (Lipinski definition) is 0. The van der Waals surface area contributed by atoms with E-state index in [4.69, 9.17) is 0 Å². The van der Waals surface area contributed by atoms with Gasteiger partial charge in [0.25, 0.3) is 0 Å². The van der Waals surface area contributed by atoms with Crippen LogP contribution in [0.1, 0.15) is 13.3 Å². The molecule has 1 fully saturated rings. The Bertz CT molecular complexity index is 398. The minimum atomic E-state index is -0.414. The molecule has 7 heteroatoms. The monoisotopic (exact) mass is 253 g/mol. The summed E-state index contributed by atoms with van der Waals surface area (Å²) >= 11 is 0. The zero-order chi connectivity index (χ0) is 13.0. The molecule has 0 aliphatic carbocycles. The lowest BCUT2D eigenvalue weighted by Crippen LogP contribution is -2.46. The van der Waals surface area contributed by atoms with Crippen molar-refractivity contribution in [2.45, 2.75) is 20.0 Å². The highest BCUT2D eigenvalue weighted by Crippen LogP contribution is 2.09. The summed E-state index contributed by atoms with van der Waals surface area (Å²) in [5.74, 6) is 0. The van der Waals surface area contributed by atoms with E-state index >= 15 is 0 Å². The molecule has 1 aliphatic rings. The second-order valence-electron chi connectivity index (χ2n) is 4.60. The van der Waals surface area contributed by atoms with Crippen LogP contribution in [0.15, 0.2) is 12.4 Å². The summed E-state index contributed by atoms with van der Waals surface area (Å²) in [6.07, 6.45) is 3.97. The molecule has 0 saturated carbocycles. The normalized spacial score (nSPS) is 18.1. The van der Waals surface area contributed by atoms with Gasteiger partial charge in [-0.2, -0.15) is 5.10 Å². The van der Waals surface area contributed by atoms with Crippen molar-refractivity contribution in [2.24, 2.45) is 0 Å². The Kier molecular flexibility index (Phi) is 4.27. The molecule has 0 unspecified atom stereocenters. The van der Waals surface area contributed by atoms with Crippen LogP contribution in [-0.2, 0) is 6.67 Å². The minimum Gasteiger partial charge on any atom is -0.301 e.